The third-order valence-electron chi connectivity index (χ3n) is 1.57. The van der Waals surface area contributed by atoms with E-state index in [1.165, 1.54) is 18.3 Å². The van der Waals surface area contributed by atoms with Crippen LogP contribution in [0.1, 0.15) is 5.69 Å². The highest BCUT2D eigenvalue weighted by atomic mass is 32.2. The second-order valence-corrected chi connectivity index (χ2v) is 4.78. The molecule has 0 aliphatic rings. The number of aliphatic carboxylic acids is 1. The molecule has 1 aromatic heterocycles. The molecule has 0 unspecified atom stereocenters. The molecule has 0 saturated carbocycles. The minimum absolute atomic E-state index is 0.0256. The van der Waals surface area contributed by atoms with Crippen molar-refractivity contribution < 1.29 is 18.3 Å². The molecule has 0 atom stereocenters. The molecule has 0 fully saturated rings. The first-order valence-corrected chi connectivity index (χ1v) is 5.66. The first kappa shape index (κ1) is 10.6. The van der Waals surface area contributed by atoms with Gasteiger partial charge in [0, 0.05) is 12.5 Å². The van der Waals surface area contributed by atoms with Crippen LogP contribution in [0.25, 0.3) is 0 Å². The first-order chi connectivity index (χ1) is 6.41. The standard InChI is InChI=1S/C8H9NO4S/c1-14(12,13)7-3-2-4-9-6(7)5-8(10)11/h2-4H,5H2,1H3,(H,10,11). The van der Waals surface area contributed by atoms with E-state index in [4.69, 9.17) is 5.11 Å². The fourth-order valence-electron chi connectivity index (χ4n) is 1.04. The van der Waals surface area contributed by atoms with Gasteiger partial charge in [0.15, 0.2) is 9.84 Å². The number of hydrogen-bond acceptors (Lipinski definition) is 4. The van der Waals surface area contributed by atoms with E-state index in [-0.39, 0.29) is 17.0 Å². The van der Waals surface area contributed by atoms with Gasteiger partial charge in [-0.3, -0.25) is 9.78 Å². The summed E-state index contributed by atoms with van der Waals surface area (Å²) in [5.41, 5.74) is 0.0718. The van der Waals surface area contributed by atoms with Crippen LogP contribution in [0.5, 0.6) is 0 Å². The Bertz CT molecular complexity index is 452. The zero-order chi connectivity index (χ0) is 10.8. The fraction of sp³-hybridized carbons (Fsp3) is 0.250. The number of sulfone groups is 1. The van der Waals surface area contributed by atoms with Crippen LogP contribution in [0.15, 0.2) is 23.2 Å². The zero-order valence-corrected chi connectivity index (χ0v) is 8.28. The Morgan fingerprint density at radius 2 is 2.21 bits per heavy atom. The van der Waals surface area contributed by atoms with E-state index in [9.17, 15) is 13.2 Å². The number of carbonyl (C=O) groups is 1. The van der Waals surface area contributed by atoms with Gasteiger partial charge in [-0.2, -0.15) is 0 Å². The van der Waals surface area contributed by atoms with Crippen molar-refractivity contribution in [2.45, 2.75) is 11.3 Å². The Morgan fingerprint density at radius 1 is 1.57 bits per heavy atom. The Hall–Kier alpha value is -1.43. The Labute approximate surface area is 81.3 Å². The molecule has 1 heterocycles. The predicted octanol–water partition coefficient (Wildman–Crippen LogP) is 0.112. The van der Waals surface area contributed by atoms with Gasteiger partial charge in [0.2, 0.25) is 0 Å². The minimum Gasteiger partial charge on any atom is -0.481 e. The van der Waals surface area contributed by atoms with Crippen molar-refractivity contribution in [3.05, 3.63) is 24.0 Å². The number of pyridine rings is 1. The lowest BCUT2D eigenvalue weighted by molar-refractivity contribution is -0.136. The molecule has 6 heteroatoms. The maximum absolute atomic E-state index is 11.2. The van der Waals surface area contributed by atoms with Gasteiger partial charge in [0.05, 0.1) is 17.0 Å². The van der Waals surface area contributed by atoms with Crippen LogP contribution in [0.2, 0.25) is 0 Å². The highest BCUT2D eigenvalue weighted by molar-refractivity contribution is 7.90. The van der Waals surface area contributed by atoms with Crippen molar-refractivity contribution in [2.24, 2.45) is 0 Å². The molecule has 0 bridgehead atoms. The lowest BCUT2D eigenvalue weighted by atomic mass is 10.3. The number of hydrogen-bond donors (Lipinski definition) is 1. The number of aromatic nitrogens is 1. The summed E-state index contributed by atoms with van der Waals surface area (Å²) in [4.78, 5) is 14.1. The van der Waals surface area contributed by atoms with Gasteiger partial charge in [0.25, 0.3) is 0 Å². The summed E-state index contributed by atoms with van der Waals surface area (Å²) in [7, 11) is -3.40. The lowest BCUT2D eigenvalue weighted by Crippen LogP contribution is -2.09. The Morgan fingerprint density at radius 3 is 2.71 bits per heavy atom. The van der Waals surface area contributed by atoms with E-state index in [0.29, 0.717) is 0 Å². The zero-order valence-electron chi connectivity index (χ0n) is 7.47. The average Bonchev–Trinajstić information content (AvgIpc) is 2.01. The first-order valence-electron chi connectivity index (χ1n) is 3.77. The molecular formula is C8H9NO4S. The monoisotopic (exact) mass is 215 g/mol. The van der Waals surface area contributed by atoms with Crippen LogP contribution in [-0.4, -0.2) is 30.7 Å². The van der Waals surface area contributed by atoms with Crippen LogP contribution in [0, 0.1) is 0 Å². The van der Waals surface area contributed by atoms with E-state index in [1.54, 1.807) is 0 Å². The molecule has 0 amide bonds. The van der Waals surface area contributed by atoms with Crippen molar-refractivity contribution in [1.82, 2.24) is 4.98 Å². The smallest absolute Gasteiger partial charge is 0.309 e. The Kier molecular flexibility index (Phi) is 2.85. The normalized spacial score (nSPS) is 11.2. The summed E-state index contributed by atoms with van der Waals surface area (Å²) in [6.07, 6.45) is 2.01. The van der Waals surface area contributed by atoms with Gasteiger partial charge in [0.1, 0.15) is 0 Å². The summed E-state index contributed by atoms with van der Waals surface area (Å²) < 4.78 is 22.4. The fourth-order valence-corrected chi connectivity index (χ4v) is 1.92. The topological polar surface area (TPSA) is 84.3 Å². The molecule has 0 spiro atoms. The number of rotatable bonds is 3. The van der Waals surface area contributed by atoms with E-state index in [1.807, 2.05) is 0 Å². The van der Waals surface area contributed by atoms with Gasteiger partial charge in [-0.25, -0.2) is 8.42 Å². The van der Waals surface area contributed by atoms with Crippen LogP contribution >= 0.6 is 0 Å². The quantitative estimate of drug-likeness (QED) is 0.773. The van der Waals surface area contributed by atoms with Crippen molar-refractivity contribution >= 4 is 15.8 Å². The van der Waals surface area contributed by atoms with E-state index >= 15 is 0 Å². The van der Waals surface area contributed by atoms with Gasteiger partial charge >= 0.3 is 5.97 Å². The van der Waals surface area contributed by atoms with Crippen molar-refractivity contribution in [3.63, 3.8) is 0 Å². The second-order valence-electron chi connectivity index (χ2n) is 2.79. The highest BCUT2D eigenvalue weighted by Gasteiger charge is 2.15. The molecule has 1 rings (SSSR count). The molecule has 14 heavy (non-hydrogen) atoms. The van der Waals surface area contributed by atoms with E-state index < -0.39 is 15.8 Å². The Balaban J connectivity index is 3.23. The molecule has 76 valence electrons. The number of carboxylic acid groups (broad SMARTS) is 1. The number of carboxylic acids is 1. The number of nitrogens with zero attached hydrogens (tertiary/aromatic N) is 1. The second kappa shape index (κ2) is 3.75. The lowest BCUT2D eigenvalue weighted by Gasteiger charge is -2.03. The van der Waals surface area contributed by atoms with Gasteiger partial charge in [-0.05, 0) is 12.1 Å². The molecule has 0 saturated heterocycles. The predicted molar refractivity (Wildman–Crippen MR) is 48.7 cm³/mol. The van der Waals surface area contributed by atoms with Gasteiger partial charge in [-0.1, -0.05) is 0 Å². The summed E-state index contributed by atoms with van der Waals surface area (Å²) in [6.45, 7) is 0. The third kappa shape index (κ3) is 2.53. The van der Waals surface area contributed by atoms with Crippen LogP contribution < -0.4 is 0 Å². The van der Waals surface area contributed by atoms with E-state index in [0.717, 1.165) is 6.26 Å². The molecule has 1 aromatic rings. The van der Waals surface area contributed by atoms with Crippen LogP contribution in [0.4, 0.5) is 0 Å². The largest absolute Gasteiger partial charge is 0.481 e. The SMILES string of the molecule is CS(=O)(=O)c1cccnc1CC(=O)O. The summed E-state index contributed by atoms with van der Waals surface area (Å²) in [6, 6.07) is 2.81. The van der Waals surface area contributed by atoms with Gasteiger partial charge < -0.3 is 5.11 Å². The van der Waals surface area contributed by atoms with Crippen LogP contribution in [-0.2, 0) is 21.1 Å². The van der Waals surface area contributed by atoms with Crippen molar-refractivity contribution in [1.29, 1.82) is 0 Å². The molecule has 0 aromatic carbocycles. The minimum atomic E-state index is -3.40. The van der Waals surface area contributed by atoms with Gasteiger partial charge in [-0.15, -0.1) is 0 Å². The highest BCUT2D eigenvalue weighted by Crippen LogP contribution is 2.12. The summed E-state index contributed by atoms with van der Waals surface area (Å²) in [5.74, 6) is -1.10. The molecule has 5 nitrogen and oxygen atoms in total. The molecule has 1 N–H and O–H groups in total. The third-order valence-corrected chi connectivity index (χ3v) is 2.74. The molecule has 0 radical (unpaired) electrons. The van der Waals surface area contributed by atoms with Crippen molar-refractivity contribution in [2.75, 3.05) is 6.26 Å². The summed E-state index contributed by atoms with van der Waals surface area (Å²) in [5, 5.41) is 8.52. The maximum atomic E-state index is 11.2. The molecule has 0 aliphatic carbocycles. The maximum Gasteiger partial charge on any atom is 0.309 e. The molecular weight excluding hydrogens is 206 g/mol. The summed E-state index contributed by atoms with van der Waals surface area (Å²) >= 11 is 0. The average molecular weight is 215 g/mol. The van der Waals surface area contributed by atoms with Crippen LogP contribution in [0.3, 0.4) is 0 Å². The van der Waals surface area contributed by atoms with E-state index in [2.05, 4.69) is 4.98 Å². The molecule has 0 aliphatic heterocycles. The van der Waals surface area contributed by atoms with Crippen molar-refractivity contribution in [3.8, 4) is 0 Å².